The second-order valence-electron chi connectivity index (χ2n) is 6.60. The standard InChI is InChI=1S/C24H23N5/c1-2-28(21-14-8-4-9-15-21)23-18-25-27-24(26-23)29(22-16-10-5-11-17-22)19-20-12-6-3-7-13-20/h3-18H,2,19H2,1H3. The van der Waals surface area contributed by atoms with Crippen molar-refractivity contribution in [3.05, 3.63) is 103 Å². The van der Waals surface area contributed by atoms with E-state index < -0.39 is 0 Å². The van der Waals surface area contributed by atoms with Crippen molar-refractivity contribution in [2.75, 3.05) is 16.3 Å². The molecule has 3 aromatic carbocycles. The second-order valence-corrected chi connectivity index (χ2v) is 6.60. The third-order valence-electron chi connectivity index (χ3n) is 4.69. The molecule has 29 heavy (non-hydrogen) atoms. The highest BCUT2D eigenvalue weighted by Gasteiger charge is 2.17. The smallest absolute Gasteiger partial charge is 0.252 e. The maximum absolute atomic E-state index is 4.87. The molecule has 144 valence electrons. The van der Waals surface area contributed by atoms with E-state index in [1.165, 1.54) is 5.56 Å². The fourth-order valence-electron chi connectivity index (χ4n) is 3.27. The van der Waals surface area contributed by atoms with Gasteiger partial charge in [-0.2, -0.15) is 10.1 Å². The van der Waals surface area contributed by atoms with Gasteiger partial charge in [0.15, 0.2) is 5.82 Å². The number of rotatable bonds is 7. The average molecular weight is 381 g/mol. The molecule has 0 aliphatic rings. The third-order valence-corrected chi connectivity index (χ3v) is 4.69. The van der Waals surface area contributed by atoms with Gasteiger partial charge in [-0.3, -0.25) is 0 Å². The van der Waals surface area contributed by atoms with Gasteiger partial charge in [0.1, 0.15) is 0 Å². The summed E-state index contributed by atoms with van der Waals surface area (Å²) in [5, 5.41) is 8.63. The number of nitrogens with zero attached hydrogens (tertiary/aromatic N) is 5. The first-order valence-electron chi connectivity index (χ1n) is 9.74. The third kappa shape index (κ3) is 4.41. The van der Waals surface area contributed by atoms with Crippen LogP contribution >= 0.6 is 0 Å². The SMILES string of the molecule is CCN(c1ccccc1)c1cnnc(N(Cc2ccccc2)c2ccccc2)n1. The Morgan fingerprint density at radius 3 is 1.83 bits per heavy atom. The molecule has 0 atom stereocenters. The zero-order valence-electron chi connectivity index (χ0n) is 16.4. The van der Waals surface area contributed by atoms with Crippen LogP contribution in [-0.4, -0.2) is 21.7 Å². The van der Waals surface area contributed by atoms with E-state index in [1.807, 2.05) is 54.6 Å². The molecular formula is C24H23N5. The van der Waals surface area contributed by atoms with Crippen molar-refractivity contribution < 1.29 is 0 Å². The monoisotopic (exact) mass is 381 g/mol. The van der Waals surface area contributed by atoms with Crippen LogP contribution < -0.4 is 9.80 Å². The normalized spacial score (nSPS) is 10.5. The number of hydrogen-bond donors (Lipinski definition) is 0. The Labute approximate surface area is 171 Å². The van der Waals surface area contributed by atoms with Gasteiger partial charge in [0.05, 0.1) is 12.7 Å². The van der Waals surface area contributed by atoms with Crippen molar-refractivity contribution >= 4 is 23.1 Å². The lowest BCUT2D eigenvalue weighted by atomic mass is 10.2. The molecule has 0 aliphatic heterocycles. The van der Waals surface area contributed by atoms with Crippen molar-refractivity contribution in [2.24, 2.45) is 0 Å². The van der Waals surface area contributed by atoms with Crippen molar-refractivity contribution in [1.82, 2.24) is 15.2 Å². The highest BCUT2D eigenvalue weighted by molar-refractivity contribution is 5.62. The molecule has 0 fully saturated rings. The summed E-state index contributed by atoms with van der Waals surface area (Å²) in [6.45, 7) is 3.55. The Morgan fingerprint density at radius 1 is 0.690 bits per heavy atom. The van der Waals surface area contributed by atoms with E-state index in [2.05, 4.69) is 63.3 Å². The van der Waals surface area contributed by atoms with Gasteiger partial charge in [0.2, 0.25) is 0 Å². The molecule has 0 saturated carbocycles. The van der Waals surface area contributed by atoms with E-state index in [0.717, 1.165) is 23.7 Å². The van der Waals surface area contributed by atoms with Crippen LogP contribution in [0.15, 0.2) is 97.2 Å². The van der Waals surface area contributed by atoms with Crippen LogP contribution in [0.5, 0.6) is 0 Å². The number of benzene rings is 3. The summed E-state index contributed by atoms with van der Waals surface area (Å²) >= 11 is 0. The Kier molecular flexibility index (Phi) is 5.76. The highest BCUT2D eigenvalue weighted by atomic mass is 15.4. The van der Waals surface area contributed by atoms with E-state index in [1.54, 1.807) is 6.20 Å². The van der Waals surface area contributed by atoms with E-state index in [9.17, 15) is 0 Å². The molecule has 0 saturated heterocycles. The Morgan fingerprint density at radius 2 is 1.24 bits per heavy atom. The van der Waals surface area contributed by atoms with Crippen LogP contribution in [0.2, 0.25) is 0 Å². The maximum atomic E-state index is 4.87. The summed E-state index contributed by atoms with van der Waals surface area (Å²) < 4.78 is 0. The van der Waals surface area contributed by atoms with Gasteiger partial charge >= 0.3 is 0 Å². The topological polar surface area (TPSA) is 45.2 Å². The number of anilines is 4. The molecule has 0 aliphatic carbocycles. The van der Waals surface area contributed by atoms with Crippen molar-refractivity contribution in [2.45, 2.75) is 13.5 Å². The Bertz CT molecular complexity index is 1020. The second kappa shape index (κ2) is 8.97. The van der Waals surface area contributed by atoms with Crippen LogP contribution in [-0.2, 0) is 6.54 Å². The maximum Gasteiger partial charge on any atom is 0.252 e. The van der Waals surface area contributed by atoms with Gasteiger partial charge in [-0.1, -0.05) is 66.7 Å². The fraction of sp³-hybridized carbons (Fsp3) is 0.125. The molecule has 0 unspecified atom stereocenters. The largest absolute Gasteiger partial charge is 0.325 e. The lowest BCUT2D eigenvalue weighted by Crippen LogP contribution is -2.23. The van der Waals surface area contributed by atoms with Gasteiger partial charge in [0.25, 0.3) is 5.95 Å². The Balaban J connectivity index is 1.72. The van der Waals surface area contributed by atoms with E-state index in [0.29, 0.717) is 12.5 Å². The van der Waals surface area contributed by atoms with E-state index >= 15 is 0 Å². The number of para-hydroxylation sites is 2. The van der Waals surface area contributed by atoms with E-state index in [-0.39, 0.29) is 0 Å². The van der Waals surface area contributed by atoms with Crippen LogP contribution in [0.3, 0.4) is 0 Å². The highest BCUT2D eigenvalue weighted by Crippen LogP contribution is 2.27. The number of hydrogen-bond acceptors (Lipinski definition) is 5. The Hall–Kier alpha value is -3.73. The molecule has 0 bridgehead atoms. The summed E-state index contributed by atoms with van der Waals surface area (Å²) in [5.74, 6) is 1.35. The lowest BCUT2D eigenvalue weighted by Gasteiger charge is -2.25. The van der Waals surface area contributed by atoms with Gasteiger partial charge < -0.3 is 9.80 Å². The van der Waals surface area contributed by atoms with Gasteiger partial charge in [-0.25, -0.2) is 0 Å². The van der Waals surface area contributed by atoms with Crippen molar-refractivity contribution in [3.8, 4) is 0 Å². The quantitative estimate of drug-likeness (QED) is 0.431. The summed E-state index contributed by atoms with van der Waals surface area (Å²) in [4.78, 5) is 9.09. The first kappa shape index (κ1) is 18.6. The molecule has 4 rings (SSSR count). The molecule has 0 radical (unpaired) electrons. The average Bonchev–Trinajstić information content (AvgIpc) is 2.80. The lowest BCUT2D eigenvalue weighted by molar-refractivity contribution is 0.847. The minimum Gasteiger partial charge on any atom is -0.325 e. The zero-order valence-corrected chi connectivity index (χ0v) is 16.4. The summed E-state index contributed by atoms with van der Waals surface area (Å²) in [6.07, 6.45) is 1.71. The van der Waals surface area contributed by atoms with Gasteiger partial charge in [-0.05, 0) is 36.8 Å². The van der Waals surface area contributed by atoms with E-state index in [4.69, 9.17) is 4.98 Å². The summed E-state index contributed by atoms with van der Waals surface area (Å²) in [6, 6.07) is 30.7. The molecule has 0 amide bonds. The first-order chi connectivity index (χ1) is 14.3. The zero-order chi connectivity index (χ0) is 19.9. The molecule has 5 heteroatoms. The molecule has 5 nitrogen and oxygen atoms in total. The number of aromatic nitrogens is 3. The predicted molar refractivity (Wildman–Crippen MR) is 118 cm³/mol. The molecule has 0 N–H and O–H groups in total. The van der Waals surface area contributed by atoms with Crippen LogP contribution in [0, 0.1) is 0 Å². The molecule has 4 aromatic rings. The van der Waals surface area contributed by atoms with Gasteiger partial charge in [-0.15, -0.1) is 5.10 Å². The summed E-state index contributed by atoms with van der Waals surface area (Å²) in [5.41, 5.74) is 3.29. The van der Waals surface area contributed by atoms with Crippen LogP contribution in [0.1, 0.15) is 12.5 Å². The molecule has 1 heterocycles. The molecular weight excluding hydrogens is 358 g/mol. The van der Waals surface area contributed by atoms with Crippen molar-refractivity contribution in [1.29, 1.82) is 0 Å². The molecule has 1 aromatic heterocycles. The van der Waals surface area contributed by atoms with Crippen LogP contribution in [0.25, 0.3) is 0 Å². The first-order valence-corrected chi connectivity index (χ1v) is 9.74. The minimum atomic E-state index is 0.576. The van der Waals surface area contributed by atoms with Gasteiger partial charge in [0, 0.05) is 17.9 Å². The minimum absolute atomic E-state index is 0.576. The molecule has 0 spiro atoms. The predicted octanol–water partition coefficient (Wildman–Crippen LogP) is 5.37. The van der Waals surface area contributed by atoms with Crippen LogP contribution in [0.4, 0.5) is 23.1 Å². The van der Waals surface area contributed by atoms with Crippen molar-refractivity contribution in [3.63, 3.8) is 0 Å². The fourth-order valence-corrected chi connectivity index (χ4v) is 3.27. The summed E-state index contributed by atoms with van der Waals surface area (Å²) in [7, 11) is 0.